The van der Waals surface area contributed by atoms with Crippen molar-refractivity contribution in [1.82, 2.24) is 4.90 Å². The van der Waals surface area contributed by atoms with Gasteiger partial charge in [-0.1, -0.05) is 12.1 Å². The number of carbonyl (C=O) groups excluding carboxylic acids is 1. The van der Waals surface area contributed by atoms with Gasteiger partial charge in [0.1, 0.15) is 6.54 Å². The van der Waals surface area contributed by atoms with Gasteiger partial charge in [0.2, 0.25) is 0 Å². The molecule has 0 aliphatic carbocycles. The van der Waals surface area contributed by atoms with E-state index < -0.39 is 6.09 Å². The molecule has 0 aliphatic heterocycles. The maximum Gasteiger partial charge on any atom is 0.415 e. The first-order chi connectivity index (χ1) is 7.69. The monoisotopic (exact) mass is 220 g/mol. The molecule has 0 bridgehead atoms. The molecular weight excluding hydrogens is 208 g/mol. The van der Waals surface area contributed by atoms with Gasteiger partial charge in [0.05, 0.1) is 13.2 Å². The Morgan fingerprint density at radius 3 is 2.62 bits per heavy atom. The van der Waals surface area contributed by atoms with Crippen LogP contribution in [0.25, 0.3) is 0 Å². The summed E-state index contributed by atoms with van der Waals surface area (Å²) >= 11 is 0. The second-order valence-electron chi connectivity index (χ2n) is 3.03. The van der Waals surface area contributed by atoms with Gasteiger partial charge < -0.3 is 9.47 Å². The predicted molar refractivity (Wildman–Crippen MR) is 57.3 cm³/mol. The lowest BCUT2D eigenvalue weighted by atomic mass is 10.3. The maximum absolute atomic E-state index is 11.5. The van der Waals surface area contributed by atoms with E-state index in [1.807, 2.05) is 6.07 Å². The van der Waals surface area contributed by atoms with E-state index in [0.717, 1.165) is 0 Å². The Balaban J connectivity index is 2.73. The van der Waals surface area contributed by atoms with E-state index in [0.29, 0.717) is 11.5 Å². The molecule has 0 N–H and O–H groups in total. The van der Waals surface area contributed by atoms with Crippen LogP contribution >= 0.6 is 0 Å². The third-order valence-electron chi connectivity index (χ3n) is 1.89. The zero-order valence-corrected chi connectivity index (χ0v) is 9.14. The van der Waals surface area contributed by atoms with Crippen molar-refractivity contribution in [3.8, 4) is 17.6 Å². The summed E-state index contributed by atoms with van der Waals surface area (Å²) in [5.41, 5.74) is 0. The fourth-order valence-electron chi connectivity index (χ4n) is 1.05. The van der Waals surface area contributed by atoms with Crippen molar-refractivity contribution in [2.24, 2.45) is 0 Å². The van der Waals surface area contributed by atoms with E-state index in [9.17, 15) is 4.79 Å². The van der Waals surface area contributed by atoms with Crippen molar-refractivity contribution < 1.29 is 14.3 Å². The molecule has 5 nitrogen and oxygen atoms in total. The van der Waals surface area contributed by atoms with Crippen LogP contribution in [0.3, 0.4) is 0 Å². The highest BCUT2D eigenvalue weighted by Crippen LogP contribution is 2.26. The first-order valence-corrected chi connectivity index (χ1v) is 4.62. The molecule has 1 aromatic rings. The average molecular weight is 220 g/mol. The summed E-state index contributed by atoms with van der Waals surface area (Å²) in [6.45, 7) is -0.0199. The third-order valence-corrected chi connectivity index (χ3v) is 1.89. The average Bonchev–Trinajstić information content (AvgIpc) is 2.30. The molecule has 1 amide bonds. The second-order valence-corrected chi connectivity index (χ2v) is 3.03. The van der Waals surface area contributed by atoms with Crippen molar-refractivity contribution in [3.63, 3.8) is 0 Å². The van der Waals surface area contributed by atoms with Crippen molar-refractivity contribution in [2.75, 3.05) is 20.7 Å². The van der Waals surface area contributed by atoms with Gasteiger partial charge in [-0.05, 0) is 12.1 Å². The minimum absolute atomic E-state index is 0.0199. The molecule has 0 radical (unpaired) electrons. The Bertz CT molecular complexity index is 412. The van der Waals surface area contributed by atoms with Gasteiger partial charge in [0.25, 0.3) is 0 Å². The van der Waals surface area contributed by atoms with E-state index >= 15 is 0 Å². The summed E-state index contributed by atoms with van der Waals surface area (Å²) in [6, 6.07) is 8.67. The van der Waals surface area contributed by atoms with Crippen LogP contribution in [0.4, 0.5) is 4.79 Å². The van der Waals surface area contributed by atoms with Gasteiger partial charge in [0.15, 0.2) is 11.5 Å². The molecule has 0 unspecified atom stereocenters. The highest BCUT2D eigenvalue weighted by Gasteiger charge is 2.13. The molecule has 0 atom stereocenters. The minimum atomic E-state index is -0.592. The molecule has 1 rings (SSSR count). The van der Waals surface area contributed by atoms with E-state index in [1.165, 1.54) is 19.1 Å². The van der Waals surface area contributed by atoms with Gasteiger partial charge in [-0.25, -0.2) is 4.79 Å². The molecule has 0 heterocycles. The summed E-state index contributed by atoms with van der Waals surface area (Å²) in [6.07, 6.45) is -0.592. The Morgan fingerprint density at radius 2 is 2.06 bits per heavy atom. The molecule has 0 spiro atoms. The minimum Gasteiger partial charge on any atom is -0.493 e. The molecule has 16 heavy (non-hydrogen) atoms. The van der Waals surface area contributed by atoms with Crippen LogP contribution in [-0.4, -0.2) is 31.7 Å². The van der Waals surface area contributed by atoms with Crippen LogP contribution in [0.5, 0.6) is 11.5 Å². The van der Waals surface area contributed by atoms with Gasteiger partial charge in [-0.2, -0.15) is 5.26 Å². The van der Waals surface area contributed by atoms with Gasteiger partial charge in [-0.3, -0.25) is 4.90 Å². The number of nitrogens with zero attached hydrogens (tertiary/aromatic N) is 2. The second kappa shape index (κ2) is 5.61. The molecule has 0 aromatic heterocycles. The number of methoxy groups -OCH3 is 1. The number of nitriles is 1. The number of carbonyl (C=O) groups is 1. The Labute approximate surface area is 93.8 Å². The maximum atomic E-state index is 11.5. The van der Waals surface area contributed by atoms with E-state index in [2.05, 4.69) is 0 Å². The normalized spacial score (nSPS) is 9.06. The topological polar surface area (TPSA) is 62.6 Å². The number of rotatable bonds is 3. The molecule has 1 aromatic carbocycles. The molecular formula is C11H12N2O3. The lowest BCUT2D eigenvalue weighted by molar-refractivity contribution is 0.166. The number of ether oxygens (including phenoxy) is 2. The van der Waals surface area contributed by atoms with Gasteiger partial charge in [0, 0.05) is 7.05 Å². The smallest absolute Gasteiger partial charge is 0.415 e. The van der Waals surface area contributed by atoms with E-state index in [4.69, 9.17) is 14.7 Å². The van der Waals surface area contributed by atoms with Crippen LogP contribution in [-0.2, 0) is 0 Å². The Kier molecular flexibility index (Phi) is 4.16. The first kappa shape index (κ1) is 11.9. The lowest BCUT2D eigenvalue weighted by Gasteiger charge is -2.14. The molecule has 0 saturated carbocycles. The molecule has 84 valence electrons. The number of amides is 1. The molecule has 0 aliphatic rings. The SMILES string of the molecule is COc1ccccc1OC(=O)N(C)CC#N. The summed E-state index contributed by atoms with van der Waals surface area (Å²) in [5, 5.41) is 8.43. The summed E-state index contributed by atoms with van der Waals surface area (Å²) in [7, 11) is 2.98. The number of hydrogen-bond donors (Lipinski definition) is 0. The third kappa shape index (κ3) is 2.89. The standard InChI is InChI=1S/C11H12N2O3/c1-13(8-7-12)11(14)16-10-6-4-3-5-9(10)15-2/h3-6H,8H2,1-2H3. The highest BCUT2D eigenvalue weighted by atomic mass is 16.6. The molecule has 0 saturated heterocycles. The summed E-state index contributed by atoms with van der Waals surface area (Å²) < 4.78 is 10.1. The van der Waals surface area contributed by atoms with Crippen LogP contribution in [0.2, 0.25) is 0 Å². The van der Waals surface area contributed by atoms with Crippen molar-refractivity contribution >= 4 is 6.09 Å². The highest BCUT2D eigenvalue weighted by molar-refractivity contribution is 5.71. The number of benzene rings is 1. The Morgan fingerprint density at radius 1 is 1.44 bits per heavy atom. The zero-order chi connectivity index (χ0) is 12.0. The quantitative estimate of drug-likeness (QED) is 0.726. The number of para-hydroxylation sites is 2. The fraction of sp³-hybridized carbons (Fsp3) is 0.273. The van der Waals surface area contributed by atoms with Crippen LogP contribution in [0.15, 0.2) is 24.3 Å². The largest absolute Gasteiger partial charge is 0.493 e. The Hall–Kier alpha value is -2.22. The van der Waals surface area contributed by atoms with Crippen LogP contribution in [0.1, 0.15) is 0 Å². The van der Waals surface area contributed by atoms with Crippen LogP contribution < -0.4 is 9.47 Å². The van der Waals surface area contributed by atoms with E-state index in [-0.39, 0.29) is 6.54 Å². The first-order valence-electron chi connectivity index (χ1n) is 4.62. The molecule has 0 fully saturated rings. The fourth-order valence-corrected chi connectivity index (χ4v) is 1.05. The molecule has 5 heteroatoms. The van der Waals surface area contributed by atoms with E-state index in [1.54, 1.807) is 24.3 Å². The zero-order valence-electron chi connectivity index (χ0n) is 9.14. The van der Waals surface area contributed by atoms with Crippen molar-refractivity contribution in [1.29, 1.82) is 5.26 Å². The van der Waals surface area contributed by atoms with Gasteiger partial charge in [-0.15, -0.1) is 0 Å². The summed E-state index contributed by atoms with van der Waals surface area (Å²) in [5.74, 6) is 0.806. The van der Waals surface area contributed by atoms with Crippen molar-refractivity contribution in [2.45, 2.75) is 0 Å². The van der Waals surface area contributed by atoms with Crippen LogP contribution in [0, 0.1) is 11.3 Å². The number of hydrogen-bond acceptors (Lipinski definition) is 4. The lowest BCUT2D eigenvalue weighted by Crippen LogP contribution is -2.30. The predicted octanol–water partition coefficient (Wildman–Crippen LogP) is 1.65. The van der Waals surface area contributed by atoms with Gasteiger partial charge >= 0.3 is 6.09 Å². The van der Waals surface area contributed by atoms with Crippen molar-refractivity contribution in [3.05, 3.63) is 24.3 Å². The summed E-state index contributed by atoms with van der Waals surface area (Å²) in [4.78, 5) is 12.6.